The molecule has 0 radical (unpaired) electrons. The Bertz CT molecular complexity index is 784. The molecule has 0 aliphatic carbocycles. The molecule has 1 aliphatic heterocycles. The van der Waals surface area contributed by atoms with Crippen LogP contribution in [-0.4, -0.2) is 32.1 Å². The molecule has 2 aromatic carbocycles. The first-order chi connectivity index (χ1) is 12.2. The first-order valence-corrected chi connectivity index (χ1v) is 8.16. The van der Waals surface area contributed by atoms with Gasteiger partial charge < -0.3 is 20.1 Å². The molecule has 5 heteroatoms. The van der Waals surface area contributed by atoms with E-state index in [0.29, 0.717) is 12.2 Å². The molecule has 1 heterocycles. The van der Waals surface area contributed by atoms with Crippen molar-refractivity contribution in [3.8, 4) is 11.5 Å². The highest BCUT2D eigenvalue weighted by Gasteiger charge is 2.24. The lowest BCUT2D eigenvalue weighted by atomic mass is 9.91. The van der Waals surface area contributed by atoms with Crippen molar-refractivity contribution in [3.05, 3.63) is 59.7 Å². The number of anilines is 1. The normalized spacial score (nSPS) is 17.0. The van der Waals surface area contributed by atoms with Gasteiger partial charge in [-0.2, -0.15) is 0 Å². The molecule has 1 aliphatic rings. The fraction of sp³-hybridized carbons (Fsp3) is 0.250. The lowest BCUT2D eigenvalue weighted by Gasteiger charge is -2.32. The minimum absolute atomic E-state index is 0.127. The highest BCUT2D eigenvalue weighted by molar-refractivity contribution is 5.78. The SMILES string of the molecule is COc1ccc(C2C=C(c3cc(OC)ccc3N)CCN2C=O)cc1. The maximum absolute atomic E-state index is 11.5. The Labute approximate surface area is 147 Å². The van der Waals surface area contributed by atoms with E-state index in [1.165, 1.54) is 0 Å². The van der Waals surface area contributed by atoms with Crippen LogP contribution in [0.3, 0.4) is 0 Å². The molecule has 130 valence electrons. The molecule has 2 N–H and O–H groups in total. The molecule has 1 atom stereocenters. The molecular formula is C20H22N2O3. The average Bonchev–Trinajstić information content (AvgIpc) is 2.68. The summed E-state index contributed by atoms with van der Waals surface area (Å²) in [6, 6.07) is 13.3. The van der Waals surface area contributed by atoms with E-state index in [0.717, 1.165) is 41.0 Å². The van der Waals surface area contributed by atoms with Gasteiger partial charge in [-0.25, -0.2) is 0 Å². The molecule has 1 amide bonds. The summed E-state index contributed by atoms with van der Waals surface area (Å²) in [5.41, 5.74) is 9.99. The smallest absolute Gasteiger partial charge is 0.210 e. The van der Waals surface area contributed by atoms with Crippen LogP contribution in [0.15, 0.2) is 48.5 Å². The Kier molecular flexibility index (Phi) is 4.93. The molecule has 25 heavy (non-hydrogen) atoms. The van der Waals surface area contributed by atoms with Crippen LogP contribution in [0.5, 0.6) is 11.5 Å². The minimum atomic E-state index is -0.127. The molecule has 0 saturated carbocycles. The van der Waals surface area contributed by atoms with Gasteiger partial charge >= 0.3 is 0 Å². The zero-order valence-electron chi connectivity index (χ0n) is 14.4. The topological polar surface area (TPSA) is 64.8 Å². The number of nitrogens with zero attached hydrogens (tertiary/aromatic N) is 1. The molecule has 3 rings (SSSR count). The molecule has 5 nitrogen and oxygen atoms in total. The van der Waals surface area contributed by atoms with Crippen molar-refractivity contribution in [1.29, 1.82) is 0 Å². The van der Waals surface area contributed by atoms with Crippen LogP contribution in [0.25, 0.3) is 5.57 Å². The highest BCUT2D eigenvalue weighted by atomic mass is 16.5. The predicted octanol–water partition coefficient (Wildman–Crippen LogP) is 3.27. The Hall–Kier alpha value is -2.95. The summed E-state index contributed by atoms with van der Waals surface area (Å²) >= 11 is 0. The summed E-state index contributed by atoms with van der Waals surface area (Å²) in [7, 11) is 3.27. The summed E-state index contributed by atoms with van der Waals surface area (Å²) in [6.45, 7) is 0.642. The summed E-state index contributed by atoms with van der Waals surface area (Å²) in [5, 5.41) is 0. The van der Waals surface area contributed by atoms with Gasteiger partial charge in [-0.1, -0.05) is 18.2 Å². The van der Waals surface area contributed by atoms with E-state index < -0.39 is 0 Å². The second kappa shape index (κ2) is 7.30. The number of carbonyl (C=O) groups excluding carboxylic acids is 1. The lowest BCUT2D eigenvalue weighted by Crippen LogP contribution is -2.30. The van der Waals surface area contributed by atoms with Gasteiger partial charge in [0.15, 0.2) is 0 Å². The molecule has 0 bridgehead atoms. The van der Waals surface area contributed by atoms with Crippen LogP contribution >= 0.6 is 0 Å². The standard InChI is InChI=1S/C20H22N2O3/c1-24-16-5-3-14(4-6-16)20-11-15(9-10-22(20)13-23)18-12-17(25-2)7-8-19(18)21/h3-8,11-13,20H,9-10,21H2,1-2H3. The van der Waals surface area contributed by atoms with E-state index in [4.69, 9.17) is 15.2 Å². The van der Waals surface area contributed by atoms with Crippen molar-refractivity contribution in [3.63, 3.8) is 0 Å². The van der Waals surface area contributed by atoms with Crippen LogP contribution in [0.2, 0.25) is 0 Å². The molecule has 2 aromatic rings. The van der Waals surface area contributed by atoms with Gasteiger partial charge in [-0.3, -0.25) is 4.79 Å². The Morgan fingerprint density at radius 1 is 1.08 bits per heavy atom. The van der Waals surface area contributed by atoms with Crippen LogP contribution in [-0.2, 0) is 4.79 Å². The van der Waals surface area contributed by atoms with E-state index >= 15 is 0 Å². The van der Waals surface area contributed by atoms with Crippen LogP contribution in [0.4, 0.5) is 5.69 Å². The molecule has 0 aromatic heterocycles. The molecule has 0 saturated heterocycles. The second-order valence-corrected chi connectivity index (χ2v) is 5.96. The maximum atomic E-state index is 11.5. The van der Waals surface area contributed by atoms with Crippen molar-refractivity contribution >= 4 is 17.7 Å². The van der Waals surface area contributed by atoms with Crippen molar-refractivity contribution in [2.24, 2.45) is 0 Å². The summed E-state index contributed by atoms with van der Waals surface area (Å²) < 4.78 is 10.5. The van der Waals surface area contributed by atoms with E-state index in [9.17, 15) is 4.79 Å². The number of methoxy groups -OCH3 is 2. The van der Waals surface area contributed by atoms with Gasteiger partial charge in [0.05, 0.1) is 20.3 Å². The number of ether oxygens (including phenoxy) is 2. The van der Waals surface area contributed by atoms with E-state index in [-0.39, 0.29) is 6.04 Å². The molecule has 0 spiro atoms. The van der Waals surface area contributed by atoms with Crippen LogP contribution in [0.1, 0.15) is 23.6 Å². The second-order valence-electron chi connectivity index (χ2n) is 5.96. The highest BCUT2D eigenvalue weighted by Crippen LogP contribution is 2.36. The van der Waals surface area contributed by atoms with Crippen molar-refractivity contribution in [2.45, 2.75) is 12.5 Å². The Morgan fingerprint density at radius 3 is 2.40 bits per heavy atom. The van der Waals surface area contributed by atoms with Crippen molar-refractivity contribution in [1.82, 2.24) is 4.90 Å². The Balaban J connectivity index is 2.00. The number of hydrogen-bond acceptors (Lipinski definition) is 4. The maximum Gasteiger partial charge on any atom is 0.210 e. The van der Waals surface area contributed by atoms with Gasteiger partial charge in [0.25, 0.3) is 0 Å². The van der Waals surface area contributed by atoms with Gasteiger partial charge in [0, 0.05) is 17.8 Å². The van der Waals surface area contributed by atoms with Crippen LogP contribution < -0.4 is 15.2 Å². The Morgan fingerprint density at radius 2 is 1.76 bits per heavy atom. The molecule has 1 unspecified atom stereocenters. The number of benzene rings is 2. The zero-order chi connectivity index (χ0) is 17.8. The number of nitrogens with two attached hydrogens (primary N) is 1. The summed E-state index contributed by atoms with van der Waals surface area (Å²) in [6.07, 6.45) is 3.75. The largest absolute Gasteiger partial charge is 0.497 e. The summed E-state index contributed by atoms with van der Waals surface area (Å²) in [4.78, 5) is 13.3. The number of hydrogen-bond donors (Lipinski definition) is 1. The minimum Gasteiger partial charge on any atom is -0.497 e. The van der Waals surface area contributed by atoms with Gasteiger partial charge in [0.1, 0.15) is 11.5 Å². The van der Waals surface area contributed by atoms with Crippen molar-refractivity contribution < 1.29 is 14.3 Å². The summed E-state index contributed by atoms with van der Waals surface area (Å²) in [5.74, 6) is 1.56. The monoisotopic (exact) mass is 338 g/mol. The van der Waals surface area contributed by atoms with Gasteiger partial charge in [0.2, 0.25) is 6.41 Å². The quantitative estimate of drug-likeness (QED) is 0.671. The number of amides is 1. The predicted molar refractivity (Wildman–Crippen MR) is 98.5 cm³/mol. The van der Waals surface area contributed by atoms with E-state index in [1.807, 2.05) is 42.5 Å². The molecular weight excluding hydrogens is 316 g/mol. The molecule has 0 fully saturated rings. The fourth-order valence-corrected chi connectivity index (χ4v) is 3.13. The number of nitrogen functional groups attached to an aromatic ring is 1. The van der Waals surface area contributed by atoms with E-state index in [2.05, 4.69) is 6.08 Å². The third kappa shape index (κ3) is 3.45. The van der Waals surface area contributed by atoms with Gasteiger partial charge in [-0.05, 0) is 47.9 Å². The first kappa shape index (κ1) is 16.9. The number of rotatable bonds is 5. The lowest BCUT2D eigenvalue weighted by molar-refractivity contribution is -0.119. The zero-order valence-corrected chi connectivity index (χ0v) is 14.4. The van der Waals surface area contributed by atoms with Crippen molar-refractivity contribution in [2.75, 3.05) is 26.5 Å². The van der Waals surface area contributed by atoms with E-state index in [1.54, 1.807) is 19.1 Å². The van der Waals surface area contributed by atoms with Gasteiger partial charge in [-0.15, -0.1) is 0 Å². The third-order valence-electron chi connectivity index (χ3n) is 4.55. The third-order valence-corrected chi connectivity index (χ3v) is 4.55. The first-order valence-electron chi connectivity index (χ1n) is 8.16. The number of carbonyl (C=O) groups is 1. The fourth-order valence-electron chi connectivity index (χ4n) is 3.13. The van der Waals surface area contributed by atoms with Crippen LogP contribution in [0, 0.1) is 0 Å². The average molecular weight is 338 g/mol.